The zero-order chi connectivity index (χ0) is 23.8. The largest absolute Gasteiger partial charge is 0.507 e. The van der Waals surface area contributed by atoms with Gasteiger partial charge in [-0.15, -0.1) is 0 Å². The molecule has 1 unspecified atom stereocenters. The van der Waals surface area contributed by atoms with E-state index in [4.69, 9.17) is 14.2 Å². The van der Waals surface area contributed by atoms with Gasteiger partial charge in [0.25, 0.3) is 0 Å². The van der Waals surface area contributed by atoms with E-state index < -0.39 is 6.10 Å². The number of aliphatic hydroxyl groups is 2. The molecule has 0 spiro atoms. The van der Waals surface area contributed by atoms with Crippen LogP contribution in [0, 0.1) is 0 Å². The molecule has 0 saturated heterocycles. The van der Waals surface area contributed by atoms with Crippen LogP contribution in [0.5, 0.6) is 17.2 Å². The zero-order valence-corrected chi connectivity index (χ0v) is 18.9. The summed E-state index contributed by atoms with van der Waals surface area (Å²) < 4.78 is 16.1. The first-order chi connectivity index (χ1) is 15.9. The van der Waals surface area contributed by atoms with E-state index in [0.717, 1.165) is 5.56 Å². The molecule has 0 amide bonds. The van der Waals surface area contributed by atoms with Gasteiger partial charge in [-0.1, -0.05) is 0 Å². The third-order valence-electron chi connectivity index (χ3n) is 4.64. The highest BCUT2D eigenvalue weighted by Crippen LogP contribution is 2.31. The number of phenols is 1. The Kier molecular flexibility index (Phi) is 8.53. The first kappa shape index (κ1) is 24.4. The molecule has 176 valence electrons. The van der Waals surface area contributed by atoms with E-state index in [0.29, 0.717) is 28.7 Å². The van der Waals surface area contributed by atoms with Crippen LogP contribution in [0.25, 0.3) is 22.8 Å². The quantitative estimate of drug-likeness (QED) is 0.400. The second kappa shape index (κ2) is 11.6. The van der Waals surface area contributed by atoms with Crippen molar-refractivity contribution in [2.24, 2.45) is 0 Å². The lowest BCUT2D eigenvalue weighted by molar-refractivity contribution is -0.0123. The summed E-state index contributed by atoms with van der Waals surface area (Å²) >= 11 is 0. The van der Waals surface area contributed by atoms with Crippen molar-refractivity contribution in [1.82, 2.24) is 15.0 Å². The van der Waals surface area contributed by atoms with E-state index >= 15 is 0 Å². The average Bonchev–Trinajstić information content (AvgIpc) is 2.81. The Morgan fingerprint density at radius 2 is 1.61 bits per heavy atom. The van der Waals surface area contributed by atoms with Crippen LogP contribution >= 0.6 is 0 Å². The highest BCUT2D eigenvalue weighted by atomic mass is 16.5. The number of methoxy groups -OCH3 is 1. The van der Waals surface area contributed by atoms with Gasteiger partial charge in [-0.25, -0.2) is 15.0 Å². The van der Waals surface area contributed by atoms with Crippen LogP contribution in [0.15, 0.2) is 42.5 Å². The molecule has 9 nitrogen and oxygen atoms in total. The van der Waals surface area contributed by atoms with Crippen LogP contribution in [-0.2, 0) is 11.2 Å². The molecule has 0 aliphatic carbocycles. The monoisotopic (exact) mass is 455 g/mol. The van der Waals surface area contributed by atoms with Gasteiger partial charge in [0, 0.05) is 18.1 Å². The lowest BCUT2D eigenvalue weighted by atomic mass is 10.1. The highest BCUT2D eigenvalue weighted by molar-refractivity contribution is 5.67. The van der Waals surface area contributed by atoms with E-state index in [1.165, 1.54) is 6.07 Å². The first-order valence-electron chi connectivity index (χ1n) is 10.7. The summed E-state index contributed by atoms with van der Waals surface area (Å²) in [6.45, 7) is 3.84. The summed E-state index contributed by atoms with van der Waals surface area (Å²) in [6, 6.07) is 12.0. The Hall–Kier alpha value is -3.27. The van der Waals surface area contributed by atoms with Gasteiger partial charge in [-0.3, -0.25) is 0 Å². The van der Waals surface area contributed by atoms with Gasteiger partial charge >= 0.3 is 0 Å². The van der Waals surface area contributed by atoms with Gasteiger partial charge in [0.1, 0.15) is 35.8 Å². The van der Waals surface area contributed by atoms with Crippen molar-refractivity contribution in [2.45, 2.75) is 32.5 Å². The molecule has 0 aliphatic heterocycles. The van der Waals surface area contributed by atoms with Crippen molar-refractivity contribution in [3.8, 4) is 40.0 Å². The third kappa shape index (κ3) is 6.85. The van der Waals surface area contributed by atoms with E-state index in [1.54, 1.807) is 31.4 Å². The Bertz CT molecular complexity index is 1040. The van der Waals surface area contributed by atoms with Gasteiger partial charge in [0.05, 0.1) is 32.0 Å². The molecule has 33 heavy (non-hydrogen) atoms. The van der Waals surface area contributed by atoms with Crippen LogP contribution in [-0.4, -0.2) is 69.4 Å². The number of aliphatic hydroxyl groups excluding tert-OH is 2. The molecule has 1 aromatic heterocycles. The number of phenolic OH excluding ortho intramolecular Hbond substituents is 1. The van der Waals surface area contributed by atoms with Gasteiger partial charge < -0.3 is 29.5 Å². The molecular weight excluding hydrogens is 426 g/mol. The fourth-order valence-corrected chi connectivity index (χ4v) is 2.96. The Labute approximate surface area is 192 Å². The number of benzene rings is 2. The first-order valence-corrected chi connectivity index (χ1v) is 10.7. The number of aromatic nitrogens is 3. The smallest absolute Gasteiger partial charge is 0.167 e. The number of aromatic hydroxyl groups is 1. The predicted octanol–water partition coefficient (Wildman–Crippen LogP) is 2.62. The third-order valence-corrected chi connectivity index (χ3v) is 4.64. The van der Waals surface area contributed by atoms with E-state index in [1.807, 2.05) is 26.0 Å². The fraction of sp³-hybridized carbons (Fsp3) is 0.375. The van der Waals surface area contributed by atoms with Crippen molar-refractivity contribution in [3.63, 3.8) is 0 Å². The maximum Gasteiger partial charge on any atom is 0.167 e. The van der Waals surface area contributed by atoms with Crippen LogP contribution in [0.1, 0.15) is 19.7 Å². The molecule has 0 saturated carbocycles. The van der Waals surface area contributed by atoms with Gasteiger partial charge in [0.15, 0.2) is 11.6 Å². The summed E-state index contributed by atoms with van der Waals surface area (Å²) in [4.78, 5) is 13.3. The molecule has 3 rings (SSSR count). The molecule has 0 aliphatic rings. The van der Waals surface area contributed by atoms with E-state index in [2.05, 4.69) is 15.0 Å². The SMILES string of the molecule is COc1ccc(-c2nc(CCO)nc(-c3ccc(OCC(O)COC(C)C)cc3O)n2)cc1. The molecule has 1 heterocycles. The minimum atomic E-state index is -0.786. The van der Waals surface area contributed by atoms with E-state index in [-0.39, 0.29) is 43.9 Å². The maximum atomic E-state index is 10.6. The molecule has 1 atom stereocenters. The molecule has 0 bridgehead atoms. The second-order valence-electron chi connectivity index (χ2n) is 7.63. The molecule has 9 heteroatoms. The molecule has 2 aromatic carbocycles. The van der Waals surface area contributed by atoms with Crippen molar-refractivity contribution in [3.05, 3.63) is 48.3 Å². The lowest BCUT2D eigenvalue weighted by Crippen LogP contribution is -2.25. The number of hydrogen-bond acceptors (Lipinski definition) is 9. The van der Waals surface area contributed by atoms with Crippen molar-refractivity contribution >= 4 is 0 Å². The average molecular weight is 456 g/mol. The standard InChI is InChI=1S/C24H29N3O6/c1-15(2)32-13-17(29)14-33-19-8-9-20(21(30)12-19)24-26-22(10-11-28)25-23(27-24)16-4-6-18(31-3)7-5-16/h4-9,12,15,17,28-30H,10-11,13-14H2,1-3H3. The normalized spacial score (nSPS) is 12.1. The lowest BCUT2D eigenvalue weighted by Gasteiger charge is -2.15. The maximum absolute atomic E-state index is 10.6. The van der Waals surface area contributed by atoms with Crippen molar-refractivity contribution in [1.29, 1.82) is 0 Å². The van der Waals surface area contributed by atoms with Crippen LogP contribution in [0.3, 0.4) is 0 Å². The molecule has 0 radical (unpaired) electrons. The summed E-state index contributed by atoms with van der Waals surface area (Å²) in [7, 11) is 1.59. The number of nitrogens with zero attached hydrogens (tertiary/aromatic N) is 3. The minimum absolute atomic E-state index is 0.0156. The summed E-state index contributed by atoms with van der Waals surface area (Å²) in [6.07, 6.45) is -0.524. The summed E-state index contributed by atoms with van der Waals surface area (Å²) in [5.41, 5.74) is 1.14. The van der Waals surface area contributed by atoms with Crippen molar-refractivity contribution in [2.75, 3.05) is 26.9 Å². The molecular formula is C24H29N3O6. The van der Waals surface area contributed by atoms with Crippen LogP contribution < -0.4 is 9.47 Å². The Morgan fingerprint density at radius 1 is 0.909 bits per heavy atom. The van der Waals surface area contributed by atoms with E-state index in [9.17, 15) is 15.3 Å². The molecule has 0 fully saturated rings. The zero-order valence-electron chi connectivity index (χ0n) is 18.9. The second-order valence-corrected chi connectivity index (χ2v) is 7.63. The van der Waals surface area contributed by atoms with Gasteiger partial charge in [0.2, 0.25) is 0 Å². The Morgan fingerprint density at radius 3 is 2.24 bits per heavy atom. The highest BCUT2D eigenvalue weighted by Gasteiger charge is 2.15. The fourth-order valence-electron chi connectivity index (χ4n) is 2.96. The summed E-state index contributed by atoms with van der Waals surface area (Å²) in [5, 5.41) is 29.9. The topological polar surface area (TPSA) is 127 Å². The molecule has 3 N–H and O–H groups in total. The molecule has 3 aromatic rings. The van der Waals surface area contributed by atoms with Crippen LogP contribution in [0.2, 0.25) is 0 Å². The van der Waals surface area contributed by atoms with Crippen LogP contribution in [0.4, 0.5) is 0 Å². The Balaban J connectivity index is 1.83. The number of ether oxygens (including phenoxy) is 3. The van der Waals surface area contributed by atoms with Gasteiger partial charge in [-0.05, 0) is 50.2 Å². The number of hydrogen-bond donors (Lipinski definition) is 3. The summed E-state index contributed by atoms with van der Waals surface area (Å²) in [5.74, 6) is 2.11. The van der Waals surface area contributed by atoms with Gasteiger partial charge in [-0.2, -0.15) is 0 Å². The van der Waals surface area contributed by atoms with Crippen molar-refractivity contribution < 1.29 is 29.5 Å². The minimum Gasteiger partial charge on any atom is -0.507 e. The predicted molar refractivity (Wildman–Crippen MR) is 122 cm³/mol. The number of rotatable bonds is 11.